The van der Waals surface area contributed by atoms with E-state index in [1.807, 2.05) is 6.92 Å². The molecule has 2 rings (SSSR count). The molecule has 0 aliphatic heterocycles. The van der Waals surface area contributed by atoms with Crippen LogP contribution in [0.15, 0.2) is 35.9 Å². The van der Waals surface area contributed by atoms with E-state index in [0.717, 1.165) is 11.8 Å². The van der Waals surface area contributed by atoms with E-state index in [1.54, 1.807) is 24.3 Å². The lowest BCUT2D eigenvalue weighted by atomic mass is 9.89. The Labute approximate surface area is 180 Å². The van der Waals surface area contributed by atoms with Gasteiger partial charge in [0.2, 0.25) is 11.8 Å². The lowest BCUT2D eigenvalue weighted by Gasteiger charge is -2.31. The van der Waals surface area contributed by atoms with Gasteiger partial charge in [0.1, 0.15) is 22.0 Å². The molecule has 0 bridgehead atoms. The molecule has 0 radical (unpaired) electrons. The van der Waals surface area contributed by atoms with Gasteiger partial charge in [0.15, 0.2) is 0 Å². The van der Waals surface area contributed by atoms with Crippen LogP contribution in [-0.2, 0) is 19.4 Å². The minimum Gasteiger partial charge on any atom is -0.390 e. The van der Waals surface area contributed by atoms with Crippen LogP contribution in [0.1, 0.15) is 28.8 Å². The predicted octanol–water partition coefficient (Wildman–Crippen LogP) is -1.45. The maximum absolute atomic E-state index is 12.6. The van der Waals surface area contributed by atoms with Gasteiger partial charge in [0.05, 0.1) is 17.9 Å². The van der Waals surface area contributed by atoms with Crippen molar-refractivity contribution < 1.29 is 33.0 Å². The highest BCUT2D eigenvalue weighted by atomic mass is 32.2. The Hall–Kier alpha value is -2.76. The average Bonchev–Trinajstić information content (AvgIpc) is 2.67. The number of benzene rings is 1. The maximum atomic E-state index is 12.6. The van der Waals surface area contributed by atoms with Crippen LogP contribution in [0.3, 0.4) is 0 Å². The van der Waals surface area contributed by atoms with E-state index in [2.05, 4.69) is 10.6 Å². The van der Waals surface area contributed by atoms with Gasteiger partial charge >= 0.3 is 0 Å². The Balaban J connectivity index is 2.14. The van der Waals surface area contributed by atoms with Crippen molar-refractivity contribution in [3.05, 3.63) is 47.0 Å². The number of carbonyl (C=O) groups is 3. The van der Waals surface area contributed by atoms with Crippen LogP contribution < -0.4 is 16.4 Å². The summed E-state index contributed by atoms with van der Waals surface area (Å²) in [7, 11) is -3.38. The van der Waals surface area contributed by atoms with Gasteiger partial charge in [-0.25, -0.2) is 8.42 Å². The van der Waals surface area contributed by atoms with Crippen molar-refractivity contribution >= 4 is 27.6 Å². The van der Waals surface area contributed by atoms with Crippen LogP contribution in [0.5, 0.6) is 0 Å². The van der Waals surface area contributed by atoms with E-state index < -0.39 is 51.9 Å². The Kier molecular flexibility index (Phi) is 7.93. The zero-order chi connectivity index (χ0) is 23.3. The highest BCUT2D eigenvalue weighted by Crippen LogP contribution is 2.21. The van der Waals surface area contributed by atoms with Gasteiger partial charge in [-0.3, -0.25) is 14.4 Å². The number of rotatable bonds is 8. The summed E-state index contributed by atoms with van der Waals surface area (Å²) in [6.45, 7) is 1.87. The number of amides is 3. The Morgan fingerprint density at radius 1 is 1.16 bits per heavy atom. The molecule has 170 valence electrons. The van der Waals surface area contributed by atoms with Gasteiger partial charge in [-0.1, -0.05) is 23.8 Å². The zero-order valence-corrected chi connectivity index (χ0v) is 18.1. The van der Waals surface area contributed by atoms with E-state index in [9.17, 15) is 33.0 Å². The Morgan fingerprint density at radius 2 is 1.77 bits per heavy atom. The number of aryl methyl sites for hydroxylation is 1. The Bertz CT molecular complexity index is 973. The topological polar surface area (TPSA) is 176 Å². The number of carbonyl (C=O) groups excluding carboxylic acids is 3. The Morgan fingerprint density at radius 3 is 2.32 bits per heavy atom. The summed E-state index contributed by atoms with van der Waals surface area (Å²) in [5, 5.41) is 25.3. The number of hydrogen-bond acceptors (Lipinski definition) is 7. The highest BCUT2D eigenvalue weighted by Gasteiger charge is 2.34. The molecule has 3 amide bonds. The fraction of sp³-hybridized carbons (Fsp3) is 0.450. The van der Waals surface area contributed by atoms with E-state index >= 15 is 0 Å². The predicted molar refractivity (Wildman–Crippen MR) is 113 cm³/mol. The first kappa shape index (κ1) is 24.5. The molecule has 0 saturated heterocycles. The van der Waals surface area contributed by atoms with Crippen molar-refractivity contribution in [1.29, 1.82) is 0 Å². The summed E-state index contributed by atoms with van der Waals surface area (Å²) >= 11 is 0. The number of nitrogens with two attached hydrogens (primary N) is 1. The first-order chi connectivity index (χ1) is 14.4. The van der Waals surface area contributed by atoms with Crippen LogP contribution in [0.2, 0.25) is 0 Å². The molecule has 11 heteroatoms. The maximum Gasteiger partial charge on any atom is 0.251 e. The minimum absolute atomic E-state index is 0.0256. The molecule has 0 fully saturated rings. The molecule has 1 aromatic carbocycles. The third-order valence-corrected chi connectivity index (χ3v) is 5.88. The molecule has 0 heterocycles. The number of nitrogens with one attached hydrogen (secondary N) is 2. The lowest BCUT2D eigenvalue weighted by Crippen LogP contribution is -2.52. The van der Waals surface area contributed by atoms with Crippen molar-refractivity contribution in [3.8, 4) is 0 Å². The molecule has 6 N–H and O–H groups in total. The van der Waals surface area contributed by atoms with Gasteiger partial charge in [0.25, 0.3) is 5.91 Å². The second-order valence-corrected chi connectivity index (χ2v) is 9.93. The fourth-order valence-corrected chi connectivity index (χ4v) is 3.74. The minimum atomic E-state index is -3.38. The molecule has 0 spiro atoms. The summed E-state index contributed by atoms with van der Waals surface area (Å²) in [6.07, 6.45) is -0.809. The number of aliphatic hydroxyl groups is 2. The molecule has 4 atom stereocenters. The quantitative estimate of drug-likeness (QED) is 0.320. The van der Waals surface area contributed by atoms with Crippen LogP contribution >= 0.6 is 0 Å². The van der Waals surface area contributed by atoms with E-state index in [0.29, 0.717) is 5.56 Å². The van der Waals surface area contributed by atoms with Gasteiger partial charge < -0.3 is 26.6 Å². The molecular weight excluding hydrogens is 426 g/mol. The normalized spacial score (nSPS) is 22.2. The SMILES string of the molecule is Cc1ccc(C(=O)NC2C=C(C(=O)NC(CCS(C)(=O)=O)C(N)=O)CC(O)C2O)cc1. The van der Waals surface area contributed by atoms with Gasteiger partial charge in [-0.05, 0) is 25.5 Å². The smallest absolute Gasteiger partial charge is 0.251 e. The fourth-order valence-electron chi connectivity index (χ4n) is 3.07. The summed E-state index contributed by atoms with van der Waals surface area (Å²) in [4.78, 5) is 36.6. The molecule has 10 nitrogen and oxygen atoms in total. The second kappa shape index (κ2) is 10.0. The molecule has 1 aromatic rings. The first-order valence-corrected chi connectivity index (χ1v) is 11.7. The molecule has 4 unspecified atom stereocenters. The van der Waals surface area contributed by atoms with E-state index in [1.165, 1.54) is 6.08 Å². The van der Waals surface area contributed by atoms with Crippen molar-refractivity contribution in [2.45, 2.75) is 44.1 Å². The standard InChI is InChI=1S/C20H27N3O7S/c1-11-3-5-12(6-4-11)19(27)23-15-9-13(10-16(24)17(15)25)20(28)22-14(18(21)26)7-8-31(2,29)30/h3-6,9,14-17,24-25H,7-8,10H2,1-2H3,(H2,21,26)(H,22,28)(H,23,27). The van der Waals surface area contributed by atoms with E-state index in [-0.39, 0.29) is 24.2 Å². The average molecular weight is 454 g/mol. The van der Waals surface area contributed by atoms with E-state index in [4.69, 9.17) is 5.73 Å². The van der Waals surface area contributed by atoms with Gasteiger partial charge in [0, 0.05) is 23.8 Å². The summed E-state index contributed by atoms with van der Waals surface area (Å²) in [6, 6.07) is 4.42. The van der Waals surface area contributed by atoms with Crippen molar-refractivity contribution in [1.82, 2.24) is 10.6 Å². The summed E-state index contributed by atoms with van der Waals surface area (Å²) < 4.78 is 22.7. The number of aliphatic hydroxyl groups excluding tert-OH is 2. The number of hydrogen-bond donors (Lipinski definition) is 5. The molecule has 1 aliphatic carbocycles. The molecular formula is C20H27N3O7S. The lowest BCUT2D eigenvalue weighted by molar-refractivity contribution is -0.125. The number of primary amides is 1. The van der Waals surface area contributed by atoms with Crippen molar-refractivity contribution in [3.63, 3.8) is 0 Å². The van der Waals surface area contributed by atoms with Crippen LogP contribution in [-0.4, -0.2) is 72.7 Å². The molecule has 1 aliphatic rings. The molecule has 0 aromatic heterocycles. The second-order valence-electron chi connectivity index (χ2n) is 7.67. The summed E-state index contributed by atoms with van der Waals surface area (Å²) in [5.41, 5.74) is 6.57. The van der Waals surface area contributed by atoms with Crippen molar-refractivity contribution in [2.24, 2.45) is 5.73 Å². The zero-order valence-electron chi connectivity index (χ0n) is 17.2. The van der Waals surface area contributed by atoms with Gasteiger partial charge in [-0.2, -0.15) is 0 Å². The van der Waals surface area contributed by atoms with Crippen molar-refractivity contribution in [2.75, 3.05) is 12.0 Å². The molecule has 31 heavy (non-hydrogen) atoms. The molecule has 0 saturated carbocycles. The third kappa shape index (κ3) is 7.16. The third-order valence-electron chi connectivity index (χ3n) is 4.90. The van der Waals surface area contributed by atoms with Gasteiger partial charge in [-0.15, -0.1) is 0 Å². The summed E-state index contributed by atoms with van der Waals surface area (Å²) in [5.74, 6) is -2.51. The monoisotopic (exact) mass is 453 g/mol. The van der Waals surface area contributed by atoms with Crippen LogP contribution in [0.4, 0.5) is 0 Å². The van der Waals surface area contributed by atoms with Crippen LogP contribution in [0, 0.1) is 6.92 Å². The first-order valence-electron chi connectivity index (χ1n) is 9.59. The number of sulfone groups is 1. The van der Waals surface area contributed by atoms with Crippen LogP contribution in [0.25, 0.3) is 0 Å². The highest BCUT2D eigenvalue weighted by molar-refractivity contribution is 7.90. The largest absolute Gasteiger partial charge is 0.390 e.